The molecule has 0 aliphatic carbocycles. The van der Waals surface area contributed by atoms with Crippen LogP contribution in [0, 0.1) is 12.7 Å². The van der Waals surface area contributed by atoms with Crippen molar-refractivity contribution in [3.63, 3.8) is 0 Å². The molecule has 0 atom stereocenters. The molecule has 0 unspecified atom stereocenters. The molecule has 0 fully saturated rings. The first-order valence-electron chi connectivity index (χ1n) is 6.21. The molecule has 0 aliphatic heterocycles. The molecule has 2 aromatic carbocycles. The van der Waals surface area contributed by atoms with E-state index in [1.54, 1.807) is 13.0 Å². The van der Waals surface area contributed by atoms with Gasteiger partial charge in [-0.15, -0.1) is 11.3 Å². The van der Waals surface area contributed by atoms with Gasteiger partial charge in [-0.2, -0.15) is 0 Å². The molecule has 0 aliphatic rings. The fourth-order valence-electron chi connectivity index (χ4n) is 1.92. The zero-order valence-electron chi connectivity index (χ0n) is 10.9. The van der Waals surface area contributed by atoms with E-state index in [9.17, 15) is 4.39 Å². The first-order valence-corrected chi connectivity index (χ1v) is 7.09. The van der Waals surface area contributed by atoms with Crippen molar-refractivity contribution in [1.29, 1.82) is 0 Å². The van der Waals surface area contributed by atoms with E-state index >= 15 is 0 Å². The Morgan fingerprint density at radius 1 is 1.05 bits per heavy atom. The van der Waals surface area contributed by atoms with Crippen LogP contribution in [0.25, 0.3) is 21.8 Å². The Balaban J connectivity index is 1.97. The number of hydrogen-bond acceptors (Lipinski definition) is 3. The second-order valence-corrected chi connectivity index (χ2v) is 5.48. The third-order valence-electron chi connectivity index (χ3n) is 3.13. The zero-order chi connectivity index (χ0) is 14.1. The number of rotatable bonds is 2. The average molecular weight is 284 g/mol. The van der Waals surface area contributed by atoms with Gasteiger partial charge >= 0.3 is 0 Å². The molecule has 100 valence electrons. The fraction of sp³-hybridized carbons (Fsp3) is 0.0625. The SMILES string of the molecule is Cc1ccc(-c2csc(-c3ccc(N)cc3)n2)cc1F. The summed E-state index contributed by atoms with van der Waals surface area (Å²) in [5.74, 6) is -0.204. The molecular weight excluding hydrogens is 271 g/mol. The smallest absolute Gasteiger partial charge is 0.126 e. The average Bonchev–Trinajstić information content (AvgIpc) is 2.92. The third kappa shape index (κ3) is 2.42. The number of anilines is 1. The van der Waals surface area contributed by atoms with Crippen molar-refractivity contribution in [1.82, 2.24) is 4.98 Å². The number of aryl methyl sites for hydroxylation is 1. The first kappa shape index (κ1) is 12.8. The van der Waals surface area contributed by atoms with Crippen LogP contribution in [-0.2, 0) is 0 Å². The molecule has 0 spiro atoms. The van der Waals surface area contributed by atoms with Crippen LogP contribution in [0.4, 0.5) is 10.1 Å². The number of nitrogens with two attached hydrogens (primary N) is 1. The topological polar surface area (TPSA) is 38.9 Å². The highest BCUT2D eigenvalue weighted by Crippen LogP contribution is 2.29. The van der Waals surface area contributed by atoms with Crippen LogP contribution < -0.4 is 5.73 Å². The summed E-state index contributed by atoms with van der Waals surface area (Å²) in [6.07, 6.45) is 0. The summed E-state index contributed by atoms with van der Waals surface area (Å²) in [5, 5.41) is 2.84. The van der Waals surface area contributed by atoms with Gasteiger partial charge in [-0.3, -0.25) is 0 Å². The summed E-state index contributed by atoms with van der Waals surface area (Å²) in [5.41, 5.74) is 9.65. The third-order valence-corrected chi connectivity index (χ3v) is 4.02. The molecular formula is C16H13FN2S. The van der Waals surface area contributed by atoms with Crippen molar-refractivity contribution < 1.29 is 4.39 Å². The lowest BCUT2D eigenvalue weighted by Gasteiger charge is -2.00. The van der Waals surface area contributed by atoms with Gasteiger partial charge in [-0.1, -0.05) is 12.1 Å². The van der Waals surface area contributed by atoms with Gasteiger partial charge in [0, 0.05) is 22.2 Å². The van der Waals surface area contributed by atoms with E-state index in [0.717, 1.165) is 27.5 Å². The van der Waals surface area contributed by atoms with E-state index in [1.807, 2.05) is 35.7 Å². The molecule has 0 saturated heterocycles. The molecule has 1 aromatic heterocycles. The number of nitrogens with zero attached hydrogens (tertiary/aromatic N) is 1. The minimum atomic E-state index is -0.204. The second-order valence-electron chi connectivity index (χ2n) is 4.62. The van der Waals surface area contributed by atoms with E-state index in [2.05, 4.69) is 4.98 Å². The van der Waals surface area contributed by atoms with E-state index in [4.69, 9.17) is 5.73 Å². The summed E-state index contributed by atoms with van der Waals surface area (Å²) in [7, 11) is 0. The summed E-state index contributed by atoms with van der Waals surface area (Å²) < 4.78 is 13.6. The van der Waals surface area contributed by atoms with Gasteiger partial charge in [0.25, 0.3) is 0 Å². The summed E-state index contributed by atoms with van der Waals surface area (Å²) in [6, 6.07) is 12.8. The molecule has 0 amide bonds. The highest BCUT2D eigenvalue weighted by atomic mass is 32.1. The van der Waals surface area contributed by atoms with Crippen LogP contribution in [0.2, 0.25) is 0 Å². The van der Waals surface area contributed by atoms with E-state index in [-0.39, 0.29) is 5.82 Å². The predicted molar refractivity (Wildman–Crippen MR) is 82.1 cm³/mol. The van der Waals surface area contributed by atoms with Gasteiger partial charge in [-0.25, -0.2) is 9.37 Å². The number of aromatic nitrogens is 1. The molecule has 2 nitrogen and oxygen atoms in total. The van der Waals surface area contributed by atoms with Crippen LogP contribution in [0.3, 0.4) is 0 Å². The lowest BCUT2D eigenvalue weighted by atomic mass is 10.1. The number of nitrogen functional groups attached to an aromatic ring is 1. The zero-order valence-corrected chi connectivity index (χ0v) is 11.7. The summed E-state index contributed by atoms with van der Waals surface area (Å²) in [4.78, 5) is 4.56. The molecule has 1 heterocycles. The predicted octanol–water partition coefficient (Wildman–Crippen LogP) is 4.51. The van der Waals surface area contributed by atoms with Crippen LogP contribution in [-0.4, -0.2) is 4.98 Å². The van der Waals surface area contributed by atoms with Crippen LogP contribution in [0.5, 0.6) is 0 Å². The monoisotopic (exact) mass is 284 g/mol. The summed E-state index contributed by atoms with van der Waals surface area (Å²) in [6.45, 7) is 1.75. The Bertz CT molecular complexity index is 747. The van der Waals surface area contributed by atoms with E-state index < -0.39 is 0 Å². The Labute approximate surface area is 120 Å². The maximum atomic E-state index is 13.6. The van der Waals surface area contributed by atoms with E-state index in [1.165, 1.54) is 17.4 Å². The molecule has 4 heteroatoms. The van der Waals surface area contributed by atoms with Crippen LogP contribution >= 0.6 is 11.3 Å². The highest BCUT2D eigenvalue weighted by Gasteiger charge is 2.08. The van der Waals surface area contributed by atoms with Gasteiger partial charge in [0.05, 0.1) is 5.69 Å². The van der Waals surface area contributed by atoms with E-state index in [0.29, 0.717) is 5.56 Å². The Hall–Kier alpha value is -2.20. The largest absolute Gasteiger partial charge is 0.399 e. The van der Waals surface area contributed by atoms with Crippen LogP contribution in [0.15, 0.2) is 47.8 Å². The van der Waals surface area contributed by atoms with Crippen molar-refractivity contribution in [3.8, 4) is 21.8 Å². The molecule has 3 aromatic rings. The first-order chi connectivity index (χ1) is 9.63. The summed E-state index contributed by atoms with van der Waals surface area (Å²) >= 11 is 1.54. The maximum Gasteiger partial charge on any atom is 0.126 e. The molecule has 20 heavy (non-hydrogen) atoms. The molecule has 3 rings (SSSR count). The van der Waals surface area contributed by atoms with Crippen molar-refractivity contribution in [2.45, 2.75) is 6.92 Å². The number of halogens is 1. The molecule has 0 saturated carbocycles. The Kier molecular flexibility index (Phi) is 3.24. The molecule has 2 N–H and O–H groups in total. The normalized spacial score (nSPS) is 10.7. The van der Waals surface area contributed by atoms with Crippen molar-refractivity contribution in [2.24, 2.45) is 0 Å². The lowest BCUT2D eigenvalue weighted by Crippen LogP contribution is -1.85. The fourth-order valence-corrected chi connectivity index (χ4v) is 2.75. The van der Waals surface area contributed by atoms with Gasteiger partial charge < -0.3 is 5.73 Å². The minimum absolute atomic E-state index is 0.204. The van der Waals surface area contributed by atoms with Crippen molar-refractivity contribution in [2.75, 3.05) is 5.73 Å². The Morgan fingerprint density at radius 2 is 1.75 bits per heavy atom. The minimum Gasteiger partial charge on any atom is -0.399 e. The molecule has 0 radical (unpaired) electrons. The van der Waals surface area contributed by atoms with Crippen LogP contribution in [0.1, 0.15) is 5.56 Å². The number of benzene rings is 2. The van der Waals surface area contributed by atoms with Gasteiger partial charge in [0.2, 0.25) is 0 Å². The Morgan fingerprint density at radius 3 is 2.45 bits per heavy atom. The molecule has 0 bridgehead atoms. The van der Waals surface area contributed by atoms with Gasteiger partial charge in [0.15, 0.2) is 0 Å². The standard InChI is InChI=1S/C16H13FN2S/c1-10-2-3-12(8-14(10)17)15-9-20-16(19-15)11-4-6-13(18)7-5-11/h2-9H,18H2,1H3. The van der Waals surface area contributed by atoms with Gasteiger partial charge in [0.1, 0.15) is 10.8 Å². The quantitative estimate of drug-likeness (QED) is 0.703. The second kappa shape index (κ2) is 5.06. The number of hydrogen-bond donors (Lipinski definition) is 1. The highest BCUT2D eigenvalue weighted by molar-refractivity contribution is 7.13. The lowest BCUT2D eigenvalue weighted by molar-refractivity contribution is 0.619. The maximum absolute atomic E-state index is 13.6. The van der Waals surface area contributed by atoms with Gasteiger partial charge in [-0.05, 0) is 42.8 Å². The van der Waals surface area contributed by atoms with Crippen molar-refractivity contribution in [3.05, 3.63) is 59.2 Å². The number of thiazole rings is 1. The van der Waals surface area contributed by atoms with Crippen molar-refractivity contribution >= 4 is 17.0 Å².